The predicted molar refractivity (Wildman–Crippen MR) is 72.0 cm³/mol. The molecule has 1 unspecified atom stereocenters. The zero-order chi connectivity index (χ0) is 13.0. The van der Waals surface area contributed by atoms with Crippen LogP contribution in [0.3, 0.4) is 0 Å². The molecule has 1 aromatic carbocycles. The average molecular weight is 240 g/mol. The van der Waals surface area contributed by atoms with Crippen LogP contribution in [-0.2, 0) is 6.42 Å². The second-order valence-electron chi connectivity index (χ2n) is 4.17. The molecule has 0 aliphatic heterocycles. The van der Waals surface area contributed by atoms with Crippen LogP contribution < -0.4 is 0 Å². The summed E-state index contributed by atoms with van der Waals surface area (Å²) in [7, 11) is 0. The van der Waals surface area contributed by atoms with Crippen molar-refractivity contribution in [2.45, 2.75) is 19.4 Å². The highest BCUT2D eigenvalue weighted by Crippen LogP contribution is 2.25. The van der Waals surface area contributed by atoms with E-state index in [1.165, 1.54) is 0 Å². The van der Waals surface area contributed by atoms with E-state index in [9.17, 15) is 5.11 Å². The van der Waals surface area contributed by atoms with Crippen molar-refractivity contribution in [3.63, 3.8) is 0 Å². The Morgan fingerprint density at radius 3 is 2.56 bits per heavy atom. The topological polar surface area (TPSA) is 46.0 Å². The monoisotopic (exact) mass is 240 g/mol. The lowest BCUT2D eigenvalue weighted by Gasteiger charge is -2.10. The van der Waals surface area contributed by atoms with Gasteiger partial charge in [-0.25, -0.2) is 9.97 Å². The number of aliphatic hydroxyl groups is 1. The number of hydrogen-bond donors (Lipinski definition) is 1. The fraction of sp³-hybridized carbons (Fsp3) is 0.200. The molecular formula is C15H16N2O. The van der Waals surface area contributed by atoms with Gasteiger partial charge in [0.15, 0.2) is 5.82 Å². The van der Waals surface area contributed by atoms with Gasteiger partial charge >= 0.3 is 0 Å². The Bertz CT molecular complexity index is 532. The van der Waals surface area contributed by atoms with Crippen molar-refractivity contribution in [1.29, 1.82) is 0 Å². The second-order valence-corrected chi connectivity index (χ2v) is 4.17. The third kappa shape index (κ3) is 2.63. The van der Waals surface area contributed by atoms with E-state index in [0.29, 0.717) is 5.82 Å². The highest BCUT2D eigenvalue weighted by molar-refractivity contribution is 5.60. The highest BCUT2D eigenvalue weighted by Gasteiger charge is 2.10. The maximum Gasteiger partial charge on any atom is 0.159 e. The first-order chi connectivity index (χ1) is 8.72. The summed E-state index contributed by atoms with van der Waals surface area (Å²) in [5, 5.41) is 9.74. The van der Waals surface area contributed by atoms with Crippen LogP contribution in [0.2, 0.25) is 0 Å². The van der Waals surface area contributed by atoms with Crippen LogP contribution in [0.15, 0.2) is 49.3 Å². The first-order valence-electron chi connectivity index (χ1n) is 5.91. The molecule has 0 bridgehead atoms. The van der Waals surface area contributed by atoms with E-state index in [4.69, 9.17) is 0 Å². The van der Waals surface area contributed by atoms with Crippen molar-refractivity contribution in [2.75, 3.05) is 0 Å². The summed E-state index contributed by atoms with van der Waals surface area (Å²) in [4.78, 5) is 8.68. The number of nitrogens with zero attached hydrogens (tertiary/aromatic N) is 2. The van der Waals surface area contributed by atoms with E-state index in [-0.39, 0.29) is 0 Å². The zero-order valence-electron chi connectivity index (χ0n) is 10.4. The summed E-state index contributed by atoms with van der Waals surface area (Å²) in [6.07, 6.45) is 5.64. The van der Waals surface area contributed by atoms with Gasteiger partial charge in [0.2, 0.25) is 0 Å². The van der Waals surface area contributed by atoms with Crippen LogP contribution in [0.4, 0.5) is 0 Å². The normalized spacial score (nSPS) is 12.1. The summed E-state index contributed by atoms with van der Waals surface area (Å²) < 4.78 is 0. The SMILES string of the molecule is C=CCc1cnc(-c2ccccc2C(C)O)nc1. The minimum atomic E-state index is -0.530. The third-order valence-electron chi connectivity index (χ3n) is 2.74. The molecule has 1 aromatic heterocycles. The second kappa shape index (κ2) is 5.56. The molecule has 2 rings (SSSR count). The zero-order valence-corrected chi connectivity index (χ0v) is 10.4. The molecule has 0 saturated heterocycles. The molecule has 18 heavy (non-hydrogen) atoms. The van der Waals surface area contributed by atoms with Gasteiger partial charge in [0.1, 0.15) is 0 Å². The van der Waals surface area contributed by atoms with Gasteiger partial charge in [0.05, 0.1) is 6.10 Å². The molecule has 0 aliphatic carbocycles. The van der Waals surface area contributed by atoms with Gasteiger partial charge in [0.25, 0.3) is 0 Å². The molecule has 3 heteroatoms. The van der Waals surface area contributed by atoms with E-state index in [1.807, 2.05) is 30.3 Å². The van der Waals surface area contributed by atoms with Crippen LogP contribution in [0, 0.1) is 0 Å². The summed E-state index contributed by atoms with van der Waals surface area (Å²) >= 11 is 0. The number of benzene rings is 1. The minimum absolute atomic E-state index is 0.530. The number of rotatable bonds is 4. The molecular weight excluding hydrogens is 224 g/mol. The van der Waals surface area contributed by atoms with Gasteiger partial charge in [-0.1, -0.05) is 30.3 Å². The first kappa shape index (κ1) is 12.5. The summed E-state index contributed by atoms with van der Waals surface area (Å²) in [6.45, 7) is 5.43. The predicted octanol–water partition coefficient (Wildman–Crippen LogP) is 2.93. The standard InChI is InChI=1S/C15H16N2O/c1-3-6-12-9-16-15(17-10-12)14-8-5-4-7-13(14)11(2)18/h3-5,7-11,18H,1,6H2,2H3. The minimum Gasteiger partial charge on any atom is -0.389 e. The van der Waals surface area contributed by atoms with Gasteiger partial charge in [-0.05, 0) is 24.5 Å². The molecule has 1 heterocycles. The number of allylic oxidation sites excluding steroid dienone is 1. The maximum absolute atomic E-state index is 9.74. The molecule has 0 spiro atoms. The molecule has 0 fully saturated rings. The Balaban J connectivity index is 2.39. The van der Waals surface area contributed by atoms with Crippen molar-refractivity contribution in [1.82, 2.24) is 9.97 Å². The van der Waals surface area contributed by atoms with E-state index < -0.39 is 6.10 Å². The van der Waals surface area contributed by atoms with E-state index in [2.05, 4.69) is 16.5 Å². The van der Waals surface area contributed by atoms with Crippen LogP contribution >= 0.6 is 0 Å². The van der Waals surface area contributed by atoms with Crippen LogP contribution in [-0.4, -0.2) is 15.1 Å². The lowest BCUT2D eigenvalue weighted by atomic mass is 10.0. The third-order valence-corrected chi connectivity index (χ3v) is 2.74. The van der Waals surface area contributed by atoms with Crippen molar-refractivity contribution in [3.8, 4) is 11.4 Å². The average Bonchev–Trinajstić information content (AvgIpc) is 2.40. The Labute approximate surface area is 107 Å². The van der Waals surface area contributed by atoms with Gasteiger partial charge in [-0.15, -0.1) is 6.58 Å². The first-order valence-corrected chi connectivity index (χ1v) is 5.91. The lowest BCUT2D eigenvalue weighted by molar-refractivity contribution is 0.200. The quantitative estimate of drug-likeness (QED) is 0.836. The van der Waals surface area contributed by atoms with E-state index >= 15 is 0 Å². The Morgan fingerprint density at radius 2 is 1.94 bits per heavy atom. The van der Waals surface area contributed by atoms with Crippen molar-refractivity contribution in [2.24, 2.45) is 0 Å². The van der Waals surface area contributed by atoms with Crippen molar-refractivity contribution in [3.05, 3.63) is 60.4 Å². The maximum atomic E-state index is 9.74. The van der Waals surface area contributed by atoms with Crippen LogP contribution in [0.5, 0.6) is 0 Å². The Kier molecular flexibility index (Phi) is 3.85. The van der Waals surface area contributed by atoms with Gasteiger partial charge < -0.3 is 5.11 Å². The molecule has 92 valence electrons. The lowest BCUT2D eigenvalue weighted by Crippen LogP contribution is -1.98. The van der Waals surface area contributed by atoms with E-state index in [1.54, 1.807) is 19.3 Å². The fourth-order valence-corrected chi connectivity index (χ4v) is 1.83. The van der Waals surface area contributed by atoms with Crippen LogP contribution in [0.25, 0.3) is 11.4 Å². The van der Waals surface area contributed by atoms with Crippen LogP contribution in [0.1, 0.15) is 24.2 Å². The molecule has 0 saturated carbocycles. The van der Waals surface area contributed by atoms with Gasteiger partial charge in [-0.2, -0.15) is 0 Å². The summed E-state index contributed by atoms with van der Waals surface area (Å²) in [5.41, 5.74) is 2.75. The smallest absolute Gasteiger partial charge is 0.159 e. The van der Waals surface area contributed by atoms with E-state index in [0.717, 1.165) is 23.1 Å². The molecule has 1 atom stereocenters. The Morgan fingerprint density at radius 1 is 1.28 bits per heavy atom. The Hall–Kier alpha value is -2.00. The molecule has 0 amide bonds. The molecule has 3 nitrogen and oxygen atoms in total. The highest BCUT2D eigenvalue weighted by atomic mass is 16.3. The van der Waals surface area contributed by atoms with Crippen molar-refractivity contribution >= 4 is 0 Å². The number of aromatic nitrogens is 2. The molecule has 2 aromatic rings. The molecule has 0 aliphatic rings. The van der Waals surface area contributed by atoms with Gasteiger partial charge in [-0.3, -0.25) is 0 Å². The molecule has 0 radical (unpaired) electrons. The number of hydrogen-bond acceptors (Lipinski definition) is 3. The summed E-state index contributed by atoms with van der Waals surface area (Å²) in [6, 6.07) is 7.63. The summed E-state index contributed by atoms with van der Waals surface area (Å²) in [5.74, 6) is 0.638. The van der Waals surface area contributed by atoms with Crippen molar-refractivity contribution < 1.29 is 5.11 Å². The molecule has 1 N–H and O–H groups in total. The largest absolute Gasteiger partial charge is 0.389 e. The fourth-order valence-electron chi connectivity index (χ4n) is 1.83. The number of aliphatic hydroxyl groups excluding tert-OH is 1. The van der Waals surface area contributed by atoms with Gasteiger partial charge in [0, 0.05) is 18.0 Å².